The van der Waals surface area contributed by atoms with Crippen molar-refractivity contribution in [3.63, 3.8) is 0 Å². The van der Waals surface area contributed by atoms with E-state index in [1.165, 1.54) is 12.1 Å². The number of hydrogen-bond donors (Lipinski definition) is 1. The second-order valence-electron chi connectivity index (χ2n) is 4.64. The van der Waals surface area contributed by atoms with Gasteiger partial charge >= 0.3 is 0 Å². The quantitative estimate of drug-likeness (QED) is 0.919. The van der Waals surface area contributed by atoms with E-state index in [9.17, 15) is 9.18 Å². The summed E-state index contributed by atoms with van der Waals surface area (Å²) in [6.45, 7) is 3.44. The van der Waals surface area contributed by atoms with Gasteiger partial charge in [0.1, 0.15) is 11.6 Å². The minimum Gasteiger partial charge on any atom is -0.481 e. The summed E-state index contributed by atoms with van der Waals surface area (Å²) in [6.07, 6.45) is -0.760. The summed E-state index contributed by atoms with van der Waals surface area (Å²) in [5.41, 5.74) is 0.957. The van der Waals surface area contributed by atoms with E-state index in [-0.39, 0.29) is 5.69 Å². The van der Waals surface area contributed by atoms with E-state index in [1.807, 2.05) is 6.92 Å². The van der Waals surface area contributed by atoms with Crippen LogP contribution in [-0.4, -0.2) is 12.0 Å². The summed E-state index contributed by atoms with van der Waals surface area (Å²) in [5, 5.41) is 3.10. The van der Waals surface area contributed by atoms with Crippen molar-refractivity contribution < 1.29 is 13.9 Å². The molecule has 0 aliphatic rings. The Hall–Kier alpha value is -2.07. The molecule has 0 aliphatic carbocycles. The molecule has 21 heavy (non-hydrogen) atoms. The number of benzene rings is 2. The van der Waals surface area contributed by atoms with Crippen LogP contribution in [0.3, 0.4) is 0 Å². The van der Waals surface area contributed by atoms with Crippen LogP contribution in [0.5, 0.6) is 5.75 Å². The summed E-state index contributed by atoms with van der Waals surface area (Å²) in [4.78, 5) is 12.0. The number of carbonyl (C=O) groups is 1. The SMILES string of the molecule is Cc1cc(Cl)ccc1O[C@@H](C)C(=O)Nc1ccccc1F. The molecule has 2 aromatic carbocycles. The number of ether oxygens (including phenoxy) is 1. The van der Waals surface area contributed by atoms with Crippen LogP contribution in [0.2, 0.25) is 5.02 Å². The van der Waals surface area contributed by atoms with Gasteiger partial charge in [-0.2, -0.15) is 0 Å². The standard InChI is InChI=1S/C16H15ClFNO2/c1-10-9-12(17)7-8-15(10)21-11(2)16(20)19-14-6-4-3-5-13(14)18/h3-9,11H,1-2H3,(H,19,20)/t11-/m0/s1. The molecule has 0 unspecified atom stereocenters. The molecule has 1 N–H and O–H groups in total. The van der Waals surface area contributed by atoms with E-state index in [2.05, 4.69) is 5.32 Å². The normalized spacial score (nSPS) is 11.8. The highest BCUT2D eigenvalue weighted by atomic mass is 35.5. The molecule has 0 fully saturated rings. The third kappa shape index (κ3) is 3.95. The van der Waals surface area contributed by atoms with E-state index in [0.717, 1.165) is 5.56 Å². The molecule has 1 amide bonds. The molecule has 2 aromatic rings. The molecule has 110 valence electrons. The van der Waals surface area contributed by atoms with Crippen LogP contribution in [0, 0.1) is 12.7 Å². The zero-order chi connectivity index (χ0) is 15.4. The maximum atomic E-state index is 13.5. The molecular formula is C16H15ClFNO2. The van der Waals surface area contributed by atoms with E-state index < -0.39 is 17.8 Å². The third-order valence-corrected chi connectivity index (χ3v) is 3.18. The first-order chi connectivity index (χ1) is 9.97. The molecule has 0 spiro atoms. The van der Waals surface area contributed by atoms with Gasteiger partial charge in [-0.3, -0.25) is 4.79 Å². The zero-order valence-corrected chi connectivity index (χ0v) is 12.4. The first kappa shape index (κ1) is 15.3. The van der Waals surface area contributed by atoms with E-state index >= 15 is 0 Å². The van der Waals surface area contributed by atoms with Crippen LogP contribution >= 0.6 is 11.6 Å². The first-order valence-electron chi connectivity index (χ1n) is 6.45. The number of nitrogens with one attached hydrogen (secondary N) is 1. The lowest BCUT2D eigenvalue weighted by molar-refractivity contribution is -0.122. The highest BCUT2D eigenvalue weighted by molar-refractivity contribution is 6.30. The third-order valence-electron chi connectivity index (χ3n) is 2.94. The van der Waals surface area contributed by atoms with E-state index in [0.29, 0.717) is 10.8 Å². The smallest absolute Gasteiger partial charge is 0.265 e. The lowest BCUT2D eigenvalue weighted by Crippen LogP contribution is -2.30. The Morgan fingerprint density at radius 2 is 2.00 bits per heavy atom. The lowest BCUT2D eigenvalue weighted by atomic mass is 10.2. The van der Waals surface area contributed by atoms with Gasteiger partial charge in [0.05, 0.1) is 5.69 Å². The predicted molar refractivity (Wildman–Crippen MR) is 81.3 cm³/mol. The van der Waals surface area contributed by atoms with Gasteiger partial charge in [-0.1, -0.05) is 23.7 Å². The largest absolute Gasteiger partial charge is 0.481 e. The number of hydrogen-bond acceptors (Lipinski definition) is 2. The average Bonchev–Trinajstić information content (AvgIpc) is 2.44. The number of carbonyl (C=O) groups excluding carboxylic acids is 1. The second-order valence-corrected chi connectivity index (χ2v) is 5.08. The van der Waals surface area contributed by atoms with Gasteiger partial charge in [-0.25, -0.2) is 4.39 Å². The van der Waals surface area contributed by atoms with Gasteiger partial charge < -0.3 is 10.1 Å². The number of aryl methyl sites for hydroxylation is 1. The van der Waals surface area contributed by atoms with E-state index in [1.54, 1.807) is 37.3 Å². The summed E-state index contributed by atoms with van der Waals surface area (Å²) in [7, 11) is 0. The fourth-order valence-corrected chi connectivity index (χ4v) is 2.01. The molecule has 0 saturated carbocycles. The number of anilines is 1. The Morgan fingerprint density at radius 1 is 1.29 bits per heavy atom. The predicted octanol–water partition coefficient (Wildman–Crippen LogP) is 4.19. The molecule has 0 radical (unpaired) electrons. The molecule has 0 saturated heterocycles. The number of para-hydroxylation sites is 1. The van der Waals surface area contributed by atoms with Gasteiger partial charge in [0, 0.05) is 5.02 Å². The summed E-state index contributed by atoms with van der Waals surface area (Å²) in [5.74, 6) is -0.342. The van der Waals surface area contributed by atoms with Crippen LogP contribution in [-0.2, 0) is 4.79 Å². The van der Waals surface area contributed by atoms with Crippen molar-refractivity contribution in [1.82, 2.24) is 0 Å². The summed E-state index contributed by atoms with van der Waals surface area (Å²) >= 11 is 5.86. The zero-order valence-electron chi connectivity index (χ0n) is 11.7. The lowest BCUT2D eigenvalue weighted by Gasteiger charge is -2.16. The Morgan fingerprint density at radius 3 is 2.67 bits per heavy atom. The fourth-order valence-electron chi connectivity index (χ4n) is 1.79. The van der Waals surface area contributed by atoms with Crippen molar-refractivity contribution in [3.8, 4) is 5.75 Å². The highest BCUT2D eigenvalue weighted by Gasteiger charge is 2.17. The maximum Gasteiger partial charge on any atom is 0.265 e. The second kappa shape index (κ2) is 6.59. The molecule has 3 nitrogen and oxygen atoms in total. The number of amides is 1. The molecule has 5 heteroatoms. The Labute approximate surface area is 127 Å². The fraction of sp³-hybridized carbons (Fsp3) is 0.188. The van der Waals surface area contributed by atoms with Gasteiger partial charge in [-0.15, -0.1) is 0 Å². The van der Waals surface area contributed by atoms with Crippen LogP contribution in [0.25, 0.3) is 0 Å². The van der Waals surface area contributed by atoms with Crippen molar-refractivity contribution in [2.75, 3.05) is 5.32 Å². The van der Waals surface area contributed by atoms with Crippen LogP contribution in [0.1, 0.15) is 12.5 Å². The minimum atomic E-state index is -0.760. The van der Waals surface area contributed by atoms with Crippen molar-refractivity contribution in [2.24, 2.45) is 0 Å². The minimum absolute atomic E-state index is 0.130. The maximum absolute atomic E-state index is 13.5. The molecule has 0 aromatic heterocycles. The molecule has 0 aliphatic heterocycles. The molecule has 0 bridgehead atoms. The van der Waals surface area contributed by atoms with Gasteiger partial charge in [0.25, 0.3) is 5.91 Å². The summed E-state index contributed by atoms with van der Waals surface area (Å²) in [6, 6.07) is 11.1. The Bertz CT molecular complexity index is 660. The van der Waals surface area contributed by atoms with E-state index in [4.69, 9.17) is 16.3 Å². The van der Waals surface area contributed by atoms with Crippen LogP contribution < -0.4 is 10.1 Å². The molecule has 0 heterocycles. The van der Waals surface area contributed by atoms with Crippen molar-refractivity contribution in [2.45, 2.75) is 20.0 Å². The van der Waals surface area contributed by atoms with Crippen LogP contribution in [0.4, 0.5) is 10.1 Å². The van der Waals surface area contributed by atoms with Gasteiger partial charge in [0.2, 0.25) is 0 Å². The molecular weight excluding hydrogens is 293 g/mol. The molecule has 2 rings (SSSR count). The van der Waals surface area contributed by atoms with Crippen molar-refractivity contribution in [1.29, 1.82) is 0 Å². The Balaban J connectivity index is 2.04. The van der Waals surface area contributed by atoms with Crippen LogP contribution in [0.15, 0.2) is 42.5 Å². The molecule has 1 atom stereocenters. The van der Waals surface area contributed by atoms with Gasteiger partial charge in [-0.05, 0) is 49.7 Å². The van der Waals surface area contributed by atoms with Crippen molar-refractivity contribution in [3.05, 3.63) is 58.9 Å². The first-order valence-corrected chi connectivity index (χ1v) is 6.83. The summed E-state index contributed by atoms with van der Waals surface area (Å²) < 4.78 is 19.1. The highest BCUT2D eigenvalue weighted by Crippen LogP contribution is 2.23. The number of halogens is 2. The monoisotopic (exact) mass is 307 g/mol. The topological polar surface area (TPSA) is 38.3 Å². The van der Waals surface area contributed by atoms with Crippen molar-refractivity contribution >= 4 is 23.2 Å². The Kier molecular flexibility index (Phi) is 4.81. The van der Waals surface area contributed by atoms with Gasteiger partial charge in [0.15, 0.2) is 6.10 Å². The number of rotatable bonds is 4. The average molecular weight is 308 g/mol.